The van der Waals surface area contributed by atoms with Crippen molar-refractivity contribution in [3.05, 3.63) is 34.1 Å². The molecule has 1 aliphatic carbocycles. The lowest BCUT2D eigenvalue weighted by atomic mass is 10.00. The Morgan fingerprint density at radius 3 is 2.75 bits per heavy atom. The topological polar surface area (TPSA) is 55.1 Å². The fraction of sp³-hybridized carbons (Fsp3) is 0.500. The maximum Gasteiger partial charge on any atom is 0.220 e. The van der Waals surface area contributed by atoms with E-state index in [0.29, 0.717) is 23.4 Å². The molecule has 1 fully saturated rings. The zero-order chi connectivity index (χ0) is 13.8. The van der Waals surface area contributed by atoms with Crippen molar-refractivity contribution in [2.75, 3.05) is 0 Å². The summed E-state index contributed by atoms with van der Waals surface area (Å²) in [6, 6.07) is 4.76. The summed E-state index contributed by atoms with van der Waals surface area (Å²) < 4.78 is 13.8. The third-order valence-corrected chi connectivity index (χ3v) is 4.04. The molecule has 1 saturated carbocycles. The van der Waals surface area contributed by atoms with E-state index < -0.39 is 0 Å². The van der Waals surface area contributed by atoms with E-state index in [0.717, 1.165) is 24.8 Å². The lowest BCUT2D eigenvalue weighted by Crippen LogP contribution is -2.31. The minimum absolute atomic E-state index is 0. The van der Waals surface area contributed by atoms with Gasteiger partial charge in [0.15, 0.2) is 0 Å². The number of hydrogen-bond acceptors (Lipinski definition) is 2. The Kier molecular flexibility index (Phi) is 6.92. The van der Waals surface area contributed by atoms with Crippen LogP contribution in [0.3, 0.4) is 0 Å². The number of halogens is 3. The van der Waals surface area contributed by atoms with Crippen molar-refractivity contribution >= 4 is 34.2 Å². The molecule has 1 aliphatic rings. The Morgan fingerprint density at radius 2 is 2.15 bits per heavy atom. The van der Waals surface area contributed by atoms with Crippen molar-refractivity contribution in [3.63, 3.8) is 0 Å². The minimum atomic E-state index is -0.309. The number of nitrogens with one attached hydrogen (secondary N) is 1. The molecule has 2 rings (SSSR count). The fourth-order valence-corrected chi connectivity index (χ4v) is 3.06. The van der Waals surface area contributed by atoms with Crippen molar-refractivity contribution < 1.29 is 9.18 Å². The monoisotopic (exact) mass is 364 g/mol. The maximum atomic E-state index is 13.2. The van der Waals surface area contributed by atoms with Crippen LogP contribution in [0.15, 0.2) is 22.7 Å². The van der Waals surface area contributed by atoms with Crippen LogP contribution in [0.1, 0.15) is 31.2 Å². The molecular formula is C14H19BrClFN2O. The van der Waals surface area contributed by atoms with Gasteiger partial charge in [0.05, 0.1) is 0 Å². The highest BCUT2D eigenvalue weighted by Gasteiger charge is 2.25. The number of amides is 1. The highest BCUT2D eigenvalue weighted by atomic mass is 79.9. The van der Waals surface area contributed by atoms with Gasteiger partial charge in [0, 0.05) is 23.5 Å². The molecule has 0 aromatic heterocycles. The molecule has 20 heavy (non-hydrogen) atoms. The maximum absolute atomic E-state index is 13.2. The van der Waals surface area contributed by atoms with E-state index in [1.807, 2.05) is 0 Å². The molecule has 1 aromatic rings. The van der Waals surface area contributed by atoms with Crippen molar-refractivity contribution in [2.24, 2.45) is 11.7 Å². The van der Waals surface area contributed by atoms with Gasteiger partial charge < -0.3 is 11.1 Å². The first-order valence-electron chi connectivity index (χ1n) is 6.52. The summed E-state index contributed by atoms with van der Waals surface area (Å²) in [4.78, 5) is 11.8. The summed E-state index contributed by atoms with van der Waals surface area (Å²) in [6.45, 7) is 0.344. The Balaban J connectivity index is 0.00000200. The smallest absolute Gasteiger partial charge is 0.220 e. The standard InChI is InChI=1S/C14H18BrFN2O.ClH/c15-11-4-9(5-12(16)7-11)8-18-14(19)6-10-2-1-3-13(10)17;/h4-5,7,10,13H,1-3,6,8,17H2,(H,18,19);1H/t10-,13+;/m0./s1. The van der Waals surface area contributed by atoms with Crippen LogP contribution in [0.2, 0.25) is 0 Å². The van der Waals surface area contributed by atoms with Gasteiger partial charge in [-0.05, 0) is 42.5 Å². The van der Waals surface area contributed by atoms with E-state index >= 15 is 0 Å². The van der Waals surface area contributed by atoms with Crippen LogP contribution >= 0.6 is 28.3 Å². The van der Waals surface area contributed by atoms with Gasteiger partial charge in [0.1, 0.15) is 5.82 Å². The van der Waals surface area contributed by atoms with Crippen LogP contribution in [-0.4, -0.2) is 11.9 Å². The number of rotatable bonds is 4. The van der Waals surface area contributed by atoms with E-state index in [9.17, 15) is 9.18 Å². The summed E-state index contributed by atoms with van der Waals surface area (Å²) >= 11 is 3.23. The van der Waals surface area contributed by atoms with E-state index in [1.54, 1.807) is 6.07 Å². The molecule has 0 saturated heterocycles. The third-order valence-electron chi connectivity index (χ3n) is 3.58. The van der Waals surface area contributed by atoms with Crippen molar-refractivity contribution in [2.45, 2.75) is 38.3 Å². The molecule has 2 atom stereocenters. The van der Waals surface area contributed by atoms with E-state index in [-0.39, 0.29) is 30.2 Å². The summed E-state index contributed by atoms with van der Waals surface area (Å²) in [5.74, 6) is -0.0292. The summed E-state index contributed by atoms with van der Waals surface area (Å²) in [6.07, 6.45) is 3.61. The highest BCUT2D eigenvalue weighted by molar-refractivity contribution is 9.10. The predicted octanol–water partition coefficient (Wildman–Crippen LogP) is 3.14. The van der Waals surface area contributed by atoms with Crippen LogP contribution < -0.4 is 11.1 Å². The predicted molar refractivity (Wildman–Crippen MR) is 83.1 cm³/mol. The van der Waals surface area contributed by atoms with Gasteiger partial charge in [-0.1, -0.05) is 22.4 Å². The number of nitrogens with two attached hydrogens (primary N) is 1. The van der Waals surface area contributed by atoms with Gasteiger partial charge in [-0.2, -0.15) is 0 Å². The van der Waals surface area contributed by atoms with E-state index in [1.165, 1.54) is 12.1 Å². The fourth-order valence-electron chi connectivity index (χ4n) is 2.54. The molecule has 0 spiro atoms. The minimum Gasteiger partial charge on any atom is -0.352 e. The van der Waals surface area contributed by atoms with E-state index in [4.69, 9.17) is 5.73 Å². The molecule has 3 nitrogen and oxygen atoms in total. The molecule has 0 radical (unpaired) electrons. The normalized spacial score (nSPS) is 21.4. The van der Waals surface area contributed by atoms with Gasteiger partial charge in [0.2, 0.25) is 5.91 Å². The van der Waals surface area contributed by atoms with E-state index in [2.05, 4.69) is 21.2 Å². The van der Waals surface area contributed by atoms with Crippen molar-refractivity contribution in [1.82, 2.24) is 5.32 Å². The molecule has 1 amide bonds. The number of benzene rings is 1. The molecule has 3 N–H and O–H groups in total. The van der Waals surface area contributed by atoms with Gasteiger partial charge in [-0.15, -0.1) is 12.4 Å². The van der Waals surface area contributed by atoms with Gasteiger partial charge in [-0.3, -0.25) is 4.79 Å². The average Bonchev–Trinajstić information content (AvgIpc) is 2.71. The molecule has 0 aliphatic heterocycles. The molecular weight excluding hydrogens is 347 g/mol. The van der Waals surface area contributed by atoms with Gasteiger partial charge >= 0.3 is 0 Å². The average molecular weight is 366 g/mol. The lowest BCUT2D eigenvalue weighted by Gasteiger charge is -2.14. The number of carbonyl (C=O) groups is 1. The molecule has 1 aromatic carbocycles. The van der Waals surface area contributed by atoms with Gasteiger partial charge in [-0.25, -0.2) is 4.39 Å². The van der Waals surface area contributed by atoms with Crippen LogP contribution in [0, 0.1) is 11.7 Å². The molecule has 112 valence electrons. The zero-order valence-corrected chi connectivity index (χ0v) is 13.5. The quantitative estimate of drug-likeness (QED) is 0.861. The molecule has 0 unspecified atom stereocenters. The Bertz CT molecular complexity index is 452. The highest BCUT2D eigenvalue weighted by Crippen LogP contribution is 2.26. The Morgan fingerprint density at radius 1 is 1.40 bits per heavy atom. The first kappa shape index (κ1) is 17.4. The summed E-state index contributed by atoms with van der Waals surface area (Å²) in [5, 5.41) is 2.82. The molecule has 0 heterocycles. The second kappa shape index (κ2) is 7.96. The number of hydrogen-bond donors (Lipinski definition) is 2. The third kappa shape index (κ3) is 5.04. The summed E-state index contributed by atoms with van der Waals surface area (Å²) in [7, 11) is 0. The van der Waals surface area contributed by atoms with Crippen LogP contribution in [0.25, 0.3) is 0 Å². The first-order valence-corrected chi connectivity index (χ1v) is 7.31. The largest absolute Gasteiger partial charge is 0.352 e. The number of carbonyl (C=O) groups excluding carboxylic acids is 1. The second-order valence-corrected chi connectivity index (χ2v) is 6.03. The van der Waals surface area contributed by atoms with Gasteiger partial charge in [0.25, 0.3) is 0 Å². The second-order valence-electron chi connectivity index (χ2n) is 5.11. The SMILES string of the molecule is Cl.N[C@@H]1CCC[C@H]1CC(=O)NCc1cc(F)cc(Br)c1. The summed E-state index contributed by atoms with van der Waals surface area (Å²) in [5.41, 5.74) is 6.68. The molecule has 6 heteroatoms. The Labute approximate surface area is 133 Å². The zero-order valence-electron chi connectivity index (χ0n) is 11.1. The first-order chi connectivity index (χ1) is 9.04. The van der Waals surface area contributed by atoms with Crippen LogP contribution in [0.4, 0.5) is 4.39 Å². The van der Waals surface area contributed by atoms with Crippen LogP contribution in [-0.2, 0) is 11.3 Å². The van der Waals surface area contributed by atoms with Crippen molar-refractivity contribution in [1.29, 1.82) is 0 Å². The van der Waals surface area contributed by atoms with Crippen molar-refractivity contribution in [3.8, 4) is 0 Å². The molecule has 0 bridgehead atoms. The Hall–Kier alpha value is -0.650. The lowest BCUT2D eigenvalue weighted by molar-refractivity contribution is -0.122. The van der Waals surface area contributed by atoms with Crippen LogP contribution in [0.5, 0.6) is 0 Å².